The number of aliphatic hydroxyl groups is 1. The normalized spacial score (nSPS) is 14.6. The van der Waals surface area contributed by atoms with E-state index in [1.54, 1.807) is 11.3 Å². The van der Waals surface area contributed by atoms with Crippen LogP contribution in [0.1, 0.15) is 24.0 Å². The Morgan fingerprint density at radius 1 is 1.32 bits per heavy atom. The first-order valence-electron chi connectivity index (χ1n) is 6.45. The lowest BCUT2D eigenvalue weighted by atomic mass is 10.1. The lowest BCUT2D eigenvalue weighted by Crippen LogP contribution is -2.26. The van der Waals surface area contributed by atoms with Gasteiger partial charge in [-0.3, -0.25) is 0 Å². The van der Waals surface area contributed by atoms with E-state index < -0.39 is 0 Å². The minimum Gasteiger partial charge on any atom is -0.392 e. The lowest BCUT2D eigenvalue weighted by molar-refractivity contribution is 0.282. The van der Waals surface area contributed by atoms with E-state index in [4.69, 9.17) is 11.6 Å². The molecule has 1 N–H and O–H groups in total. The average Bonchev–Trinajstić information content (AvgIpc) is 3.14. The van der Waals surface area contributed by atoms with Crippen LogP contribution in [0.2, 0.25) is 5.02 Å². The van der Waals surface area contributed by atoms with E-state index in [-0.39, 0.29) is 6.61 Å². The van der Waals surface area contributed by atoms with E-state index in [2.05, 4.69) is 21.7 Å². The average molecular weight is 294 g/mol. The number of halogens is 1. The van der Waals surface area contributed by atoms with Crippen molar-refractivity contribution < 1.29 is 5.11 Å². The van der Waals surface area contributed by atoms with E-state index in [0.717, 1.165) is 22.8 Å². The Morgan fingerprint density at radius 3 is 2.79 bits per heavy atom. The summed E-state index contributed by atoms with van der Waals surface area (Å²) in [4.78, 5) is 2.34. The molecular weight excluding hydrogens is 278 g/mol. The summed E-state index contributed by atoms with van der Waals surface area (Å²) in [6, 6.07) is 8.45. The summed E-state index contributed by atoms with van der Waals surface area (Å²) in [7, 11) is 0. The van der Waals surface area contributed by atoms with Crippen LogP contribution in [0.5, 0.6) is 0 Å². The van der Waals surface area contributed by atoms with Gasteiger partial charge in [0, 0.05) is 18.2 Å². The lowest BCUT2D eigenvalue weighted by Gasteiger charge is -2.27. The van der Waals surface area contributed by atoms with Crippen molar-refractivity contribution in [2.75, 3.05) is 4.90 Å². The van der Waals surface area contributed by atoms with Crippen LogP contribution >= 0.6 is 22.9 Å². The second kappa shape index (κ2) is 5.53. The number of hydrogen-bond donors (Lipinski definition) is 1. The third-order valence-corrected chi connectivity index (χ3v) is 4.49. The summed E-state index contributed by atoms with van der Waals surface area (Å²) in [5.41, 5.74) is 3.22. The highest BCUT2D eigenvalue weighted by Crippen LogP contribution is 2.39. The first-order valence-corrected chi connectivity index (χ1v) is 7.77. The van der Waals surface area contributed by atoms with Crippen LogP contribution in [0.3, 0.4) is 0 Å². The maximum absolute atomic E-state index is 9.54. The van der Waals surface area contributed by atoms with E-state index >= 15 is 0 Å². The van der Waals surface area contributed by atoms with E-state index in [1.807, 2.05) is 18.2 Å². The Hall–Kier alpha value is -1.03. The fourth-order valence-corrected chi connectivity index (χ4v) is 3.33. The molecule has 19 heavy (non-hydrogen) atoms. The third kappa shape index (κ3) is 2.78. The van der Waals surface area contributed by atoms with E-state index in [1.165, 1.54) is 18.4 Å². The van der Waals surface area contributed by atoms with Crippen LogP contribution in [0.15, 0.2) is 35.0 Å². The summed E-state index contributed by atoms with van der Waals surface area (Å²) in [5.74, 6) is 0. The molecule has 0 saturated heterocycles. The van der Waals surface area contributed by atoms with Gasteiger partial charge in [0.15, 0.2) is 0 Å². The van der Waals surface area contributed by atoms with Crippen LogP contribution in [-0.4, -0.2) is 11.1 Å². The molecule has 0 bridgehead atoms. The summed E-state index contributed by atoms with van der Waals surface area (Å²) in [5, 5.41) is 14.5. The molecule has 0 spiro atoms. The van der Waals surface area contributed by atoms with Crippen molar-refractivity contribution in [1.82, 2.24) is 0 Å². The Morgan fingerprint density at radius 2 is 2.16 bits per heavy atom. The molecule has 1 aromatic carbocycles. The van der Waals surface area contributed by atoms with Crippen molar-refractivity contribution >= 4 is 28.6 Å². The highest BCUT2D eigenvalue weighted by molar-refractivity contribution is 7.07. The van der Waals surface area contributed by atoms with Crippen LogP contribution < -0.4 is 4.90 Å². The highest BCUT2D eigenvalue weighted by Gasteiger charge is 2.31. The molecule has 0 aliphatic heterocycles. The highest BCUT2D eigenvalue weighted by atomic mass is 35.5. The van der Waals surface area contributed by atoms with Crippen molar-refractivity contribution in [2.24, 2.45) is 0 Å². The molecule has 4 heteroatoms. The SMILES string of the molecule is OCc1cccc(Cl)c1N(Cc1ccsc1)C1CC1. The second-order valence-corrected chi connectivity index (χ2v) is 6.08. The maximum atomic E-state index is 9.54. The van der Waals surface area contributed by atoms with Gasteiger partial charge in [0.2, 0.25) is 0 Å². The predicted molar refractivity (Wildman–Crippen MR) is 80.9 cm³/mol. The second-order valence-electron chi connectivity index (χ2n) is 4.90. The fourth-order valence-electron chi connectivity index (χ4n) is 2.37. The molecule has 0 radical (unpaired) electrons. The van der Waals surface area contributed by atoms with Gasteiger partial charge in [-0.25, -0.2) is 0 Å². The van der Waals surface area contributed by atoms with Gasteiger partial charge in [-0.05, 0) is 41.3 Å². The predicted octanol–water partition coefficient (Wildman–Crippen LogP) is 4.06. The first kappa shape index (κ1) is 13.0. The molecule has 1 aliphatic rings. The van der Waals surface area contributed by atoms with Gasteiger partial charge in [-0.15, -0.1) is 0 Å². The minimum absolute atomic E-state index is 0.0305. The topological polar surface area (TPSA) is 23.5 Å². The van der Waals surface area contributed by atoms with Crippen molar-refractivity contribution in [1.29, 1.82) is 0 Å². The van der Waals surface area contributed by atoms with Crippen molar-refractivity contribution in [2.45, 2.75) is 32.0 Å². The number of para-hydroxylation sites is 1. The number of rotatable bonds is 5. The van der Waals surface area contributed by atoms with Gasteiger partial charge in [0.1, 0.15) is 0 Å². The van der Waals surface area contributed by atoms with Gasteiger partial charge in [0.05, 0.1) is 17.3 Å². The van der Waals surface area contributed by atoms with Crippen LogP contribution in [0.25, 0.3) is 0 Å². The van der Waals surface area contributed by atoms with E-state index in [0.29, 0.717) is 6.04 Å². The zero-order valence-electron chi connectivity index (χ0n) is 10.6. The molecule has 1 fully saturated rings. The van der Waals surface area contributed by atoms with Gasteiger partial charge >= 0.3 is 0 Å². The van der Waals surface area contributed by atoms with Gasteiger partial charge in [0.25, 0.3) is 0 Å². The summed E-state index contributed by atoms with van der Waals surface area (Å²) in [6.07, 6.45) is 2.42. The largest absolute Gasteiger partial charge is 0.392 e. The van der Waals surface area contributed by atoms with Gasteiger partial charge in [-0.2, -0.15) is 11.3 Å². The zero-order chi connectivity index (χ0) is 13.2. The molecule has 1 heterocycles. The van der Waals surface area contributed by atoms with Crippen molar-refractivity contribution in [3.05, 3.63) is 51.2 Å². The number of anilines is 1. The first-order chi connectivity index (χ1) is 9.29. The number of thiophene rings is 1. The minimum atomic E-state index is 0.0305. The molecule has 0 unspecified atom stereocenters. The number of nitrogens with zero attached hydrogens (tertiary/aromatic N) is 1. The standard InChI is InChI=1S/C15H16ClNOS/c16-14-3-1-2-12(9-18)15(14)17(13-4-5-13)8-11-6-7-19-10-11/h1-3,6-7,10,13,18H,4-5,8-9H2. The van der Waals surface area contributed by atoms with Crippen molar-refractivity contribution in [3.63, 3.8) is 0 Å². The van der Waals surface area contributed by atoms with Gasteiger partial charge in [-0.1, -0.05) is 23.7 Å². The molecule has 0 atom stereocenters. The molecule has 2 aromatic rings. The molecule has 3 rings (SSSR count). The third-order valence-electron chi connectivity index (χ3n) is 3.45. The smallest absolute Gasteiger partial charge is 0.0702 e. The maximum Gasteiger partial charge on any atom is 0.0702 e. The van der Waals surface area contributed by atoms with Crippen molar-refractivity contribution in [3.8, 4) is 0 Å². The molecule has 0 amide bonds. The number of benzene rings is 1. The summed E-state index contributed by atoms with van der Waals surface area (Å²) < 4.78 is 0. The molecule has 100 valence electrons. The zero-order valence-corrected chi connectivity index (χ0v) is 12.1. The number of hydrogen-bond acceptors (Lipinski definition) is 3. The Kier molecular flexibility index (Phi) is 3.78. The van der Waals surface area contributed by atoms with Gasteiger partial charge < -0.3 is 10.0 Å². The summed E-state index contributed by atoms with van der Waals surface area (Å²) >= 11 is 8.08. The van der Waals surface area contributed by atoms with E-state index in [9.17, 15) is 5.11 Å². The monoisotopic (exact) mass is 293 g/mol. The summed E-state index contributed by atoms with van der Waals surface area (Å²) in [6.45, 7) is 0.896. The quantitative estimate of drug-likeness (QED) is 0.898. The molecule has 1 saturated carbocycles. The Labute approximate surface area is 122 Å². The number of aliphatic hydroxyl groups excluding tert-OH is 1. The molecule has 1 aliphatic carbocycles. The van der Waals surface area contributed by atoms with Crippen LogP contribution in [-0.2, 0) is 13.2 Å². The Balaban J connectivity index is 1.96. The molecule has 1 aromatic heterocycles. The fraction of sp³-hybridized carbons (Fsp3) is 0.333. The molecular formula is C15H16ClNOS. The van der Waals surface area contributed by atoms with Crippen LogP contribution in [0, 0.1) is 0 Å². The Bertz CT molecular complexity index is 551. The van der Waals surface area contributed by atoms with Crippen LogP contribution in [0.4, 0.5) is 5.69 Å². The molecule has 2 nitrogen and oxygen atoms in total.